The molecule has 13 heteroatoms. The van der Waals surface area contributed by atoms with Crippen molar-refractivity contribution in [1.82, 2.24) is 29.8 Å². The highest BCUT2D eigenvalue weighted by Crippen LogP contribution is 2.23. The number of carbonyl (C=O) groups is 1. The number of rotatable bonds is 7. The fourth-order valence-electron chi connectivity index (χ4n) is 3.01. The van der Waals surface area contributed by atoms with Gasteiger partial charge in [0.1, 0.15) is 23.8 Å². The van der Waals surface area contributed by atoms with Crippen molar-refractivity contribution < 1.29 is 14.1 Å². The van der Waals surface area contributed by atoms with E-state index < -0.39 is 10.7 Å². The summed E-state index contributed by atoms with van der Waals surface area (Å²) >= 11 is 11.1. The summed E-state index contributed by atoms with van der Waals surface area (Å²) in [6.07, 6.45) is 6.46. The van der Waals surface area contributed by atoms with Gasteiger partial charge in [0.25, 0.3) is 5.91 Å². The van der Waals surface area contributed by atoms with E-state index in [2.05, 4.69) is 15.5 Å². The van der Waals surface area contributed by atoms with Crippen molar-refractivity contribution in [3.05, 3.63) is 68.6 Å². The van der Waals surface area contributed by atoms with Gasteiger partial charge in [-0.05, 0) is 36.2 Å². The number of amides is 1. The Labute approximate surface area is 186 Å². The lowest BCUT2D eigenvalue weighted by atomic mass is 10.3. The third-order valence-electron chi connectivity index (χ3n) is 4.47. The van der Waals surface area contributed by atoms with Gasteiger partial charge in [-0.15, -0.1) is 0 Å². The smallest absolute Gasteiger partial charge is 0.408 e. The van der Waals surface area contributed by atoms with Crippen molar-refractivity contribution in [1.29, 1.82) is 0 Å². The first-order valence-electron chi connectivity index (χ1n) is 9.16. The molecule has 3 aromatic heterocycles. The Morgan fingerprint density at radius 3 is 2.81 bits per heavy atom. The van der Waals surface area contributed by atoms with E-state index in [0.717, 1.165) is 12.1 Å². The largest absolute Gasteiger partial charge is 0.460 e. The number of aryl methyl sites for hydroxylation is 1. The maximum Gasteiger partial charge on any atom is 0.408 e. The SMILES string of the molecule is CCn1cc(CN2C(=O)/C(=C\c3ccc(Cn4cc(Cl)c([N+](=O)[O-])n4)o3)NC2=S)cn1. The number of nitrogens with zero attached hydrogens (tertiary/aromatic N) is 6. The molecule has 0 bridgehead atoms. The van der Waals surface area contributed by atoms with Gasteiger partial charge in [-0.25, -0.2) is 0 Å². The molecular weight excluding hydrogens is 446 g/mol. The van der Waals surface area contributed by atoms with Crippen molar-refractivity contribution in [3.8, 4) is 0 Å². The first kappa shape index (κ1) is 20.8. The molecular formula is C18H16ClN7O4S. The van der Waals surface area contributed by atoms with E-state index in [1.807, 2.05) is 13.1 Å². The van der Waals surface area contributed by atoms with Gasteiger partial charge in [0, 0.05) is 24.4 Å². The van der Waals surface area contributed by atoms with Crippen molar-refractivity contribution in [2.75, 3.05) is 0 Å². The Morgan fingerprint density at radius 2 is 2.13 bits per heavy atom. The Kier molecular flexibility index (Phi) is 5.57. The van der Waals surface area contributed by atoms with Crippen LogP contribution in [0.2, 0.25) is 5.02 Å². The topological polar surface area (TPSA) is 124 Å². The molecule has 11 nitrogen and oxygen atoms in total. The van der Waals surface area contributed by atoms with Crippen LogP contribution >= 0.6 is 23.8 Å². The minimum atomic E-state index is -0.657. The van der Waals surface area contributed by atoms with Crippen LogP contribution in [-0.4, -0.2) is 40.4 Å². The van der Waals surface area contributed by atoms with Gasteiger partial charge in [0.15, 0.2) is 10.1 Å². The van der Waals surface area contributed by atoms with E-state index >= 15 is 0 Å². The van der Waals surface area contributed by atoms with Crippen molar-refractivity contribution in [3.63, 3.8) is 0 Å². The molecule has 1 amide bonds. The molecule has 1 fully saturated rings. The predicted molar refractivity (Wildman–Crippen MR) is 114 cm³/mol. The number of carbonyl (C=O) groups excluding carboxylic acids is 1. The highest BCUT2D eigenvalue weighted by atomic mass is 35.5. The molecule has 0 spiro atoms. The molecule has 0 aromatic carbocycles. The van der Waals surface area contributed by atoms with Gasteiger partial charge in [0.2, 0.25) is 0 Å². The molecule has 0 atom stereocenters. The number of aromatic nitrogens is 4. The second-order valence-corrected chi connectivity index (χ2v) is 7.44. The average Bonchev–Trinajstić information content (AvgIpc) is 3.48. The third-order valence-corrected chi connectivity index (χ3v) is 5.06. The molecule has 1 aliphatic heterocycles. The quantitative estimate of drug-likeness (QED) is 0.246. The van der Waals surface area contributed by atoms with E-state index in [1.54, 1.807) is 29.1 Å². The Hall–Kier alpha value is -3.51. The van der Waals surface area contributed by atoms with Gasteiger partial charge < -0.3 is 19.8 Å². The van der Waals surface area contributed by atoms with E-state index in [4.69, 9.17) is 28.2 Å². The molecule has 31 heavy (non-hydrogen) atoms. The molecule has 1 aliphatic rings. The van der Waals surface area contributed by atoms with E-state index in [9.17, 15) is 14.9 Å². The van der Waals surface area contributed by atoms with Crippen LogP contribution < -0.4 is 5.32 Å². The third kappa shape index (κ3) is 4.34. The lowest BCUT2D eigenvalue weighted by molar-refractivity contribution is -0.389. The maximum absolute atomic E-state index is 12.7. The highest BCUT2D eigenvalue weighted by Gasteiger charge is 2.31. The highest BCUT2D eigenvalue weighted by molar-refractivity contribution is 7.80. The van der Waals surface area contributed by atoms with Crippen molar-refractivity contribution >= 4 is 46.7 Å². The summed E-state index contributed by atoms with van der Waals surface area (Å²) in [5.74, 6) is 0.205. The number of nitro groups is 1. The fourth-order valence-corrected chi connectivity index (χ4v) is 3.49. The fraction of sp³-hybridized carbons (Fsp3) is 0.222. The van der Waals surface area contributed by atoms with E-state index in [1.165, 1.54) is 15.8 Å². The van der Waals surface area contributed by atoms with Crippen LogP contribution in [0.4, 0.5) is 5.82 Å². The summed E-state index contributed by atoms with van der Waals surface area (Å²) < 4.78 is 8.78. The van der Waals surface area contributed by atoms with Gasteiger partial charge in [-0.3, -0.25) is 14.4 Å². The van der Waals surface area contributed by atoms with Crippen LogP contribution in [0.3, 0.4) is 0 Å². The number of halogens is 1. The summed E-state index contributed by atoms with van der Waals surface area (Å²) in [4.78, 5) is 24.4. The number of furan rings is 1. The van der Waals surface area contributed by atoms with Gasteiger partial charge in [-0.2, -0.15) is 9.78 Å². The zero-order valence-electron chi connectivity index (χ0n) is 16.2. The lowest BCUT2D eigenvalue weighted by Crippen LogP contribution is -2.29. The number of hydrogen-bond donors (Lipinski definition) is 1. The first-order chi connectivity index (χ1) is 14.8. The first-order valence-corrected chi connectivity index (χ1v) is 9.94. The molecule has 160 valence electrons. The van der Waals surface area contributed by atoms with Crippen LogP contribution in [0, 0.1) is 10.1 Å². The molecule has 0 radical (unpaired) electrons. The summed E-state index contributed by atoms with van der Waals surface area (Å²) in [7, 11) is 0. The molecule has 4 rings (SSSR count). The van der Waals surface area contributed by atoms with Gasteiger partial charge >= 0.3 is 5.82 Å². The van der Waals surface area contributed by atoms with E-state index in [-0.39, 0.29) is 23.2 Å². The lowest BCUT2D eigenvalue weighted by Gasteiger charge is -2.12. The monoisotopic (exact) mass is 461 g/mol. The Morgan fingerprint density at radius 1 is 1.32 bits per heavy atom. The summed E-state index contributed by atoms with van der Waals surface area (Å²) in [6, 6.07) is 3.36. The van der Waals surface area contributed by atoms with Crippen LogP contribution in [0.25, 0.3) is 6.08 Å². The normalized spacial score (nSPS) is 15.2. The minimum absolute atomic E-state index is 0.0577. The van der Waals surface area contributed by atoms with Crippen molar-refractivity contribution in [2.45, 2.75) is 26.6 Å². The summed E-state index contributed by atoms with van der Waals surface area (Å²) in [6.45, 7) is 3.17. The average molecular weight is 462 g/mol. The second-order valence-electron chi connectivity index (χ2n) is 6.64. The molecule has 1 saturated heterocycles. The van der Waals surface area contributed by atoms with Gasteiger partial charge in [-0.1, -0.05) is 11.6 Å². The standard InChI is InChI=1S/C18H16ClN7O4S/c1-2-23-7-11(6-20-23)8-25-17(27)15(21-18(25)31)5-12-3-4-13(30-12)9-24-10-14(19)16(22-24)26(28)29/h3-7,10H,2,8-9H2,1H3,(H,21,31)/b15-5+. The molecule has 1 N–H and O–H groups in total. The van der Waals surface area contributed by atoms with Crippen LogP contribution in [0.1, 0.15) is 24.0 Å². The predicted octanol–water partition coefficient (Wildman–Crippen LogP) is 2.56. The van der Waals surface area contributed by atoms with Crippen LogP contribution in [-0.2, 0) is 24.4 Å². The second kappa shape index (κ2) is 8.32. The zero-order chi connectivity index (χ0) is 22.1. The number of nitrogens with one attached hydrogen (secondary N) is 1. The summed E-state index contributed by atoms with van der Waals surface area (Å²) in [5.41, 5.74) is 1.15. The van der Waals surface area contributed by atoms with Gasteiger partial charge in [0.05, 0.1) is 24.0 Å². The summed E-state index contributed by atoms with van der Waals surface area (Å²) in [5, 5.41) is 22.0. The molecule has 3 aromatic rings. The number of hydrogen-bond acceptors (Lipinski definition) is 7. The Bertz CT molecular complexity index is 1210. The maximum atomic E-state index is 12.7. The number of thiocarbonyl (C=S) groups is 1. The zero-order valence-corrected chi connectivity index (χ0v) is 17.8. The molecule has 0 saturated carbocycles. The molecule has 0 unspecified atom stereocenters. The van der Waals surface area contributed by atoms with Crippen molar-refractivity contribution in [2.24, 2.45) is 0 Å². The Balaban J connectivity index is 1.46. The molecule has 0 aliphatic carbocycles. The van der Waals surface area contributed by atoms with Crippen LogP contribution in [0.15, 0.2) is 40.8 Å². The van der Waals surface area contributed by atoms with Crippen LogP contribution in [0.5, 0.6) is 0 Å². The minimum Gasteiger partial charge on any atom is -0.460 e. The molecule has 4 heterocycles. The van der Waals surface area contributed by atoms with E-state index in [0.29, 0.717) is 23.2 Å².